The number of carboxylic acids is 4. The number of carbonyl (C=O) groups excluding carboxylic acids is 4. The minimum Gasteiger partial charge on any atom is -0.494 e. The quantitative estimate of drug-likeness (QED) is 0.0109. The molecule has 1 fully saturated rings. The highest BCUT2D eigenvalue weighted by Crippen LogP contribution is 2.27. The van der Waals surface area contributed by atoms with Gasteiger partial charge in [0.2, 0.25) is 27.7 Å². The maximum Gasteiger partial charge on any atom is 0.323 e. The van der Waals surface area contributed by atoms with E-state index in [0.717, 1.165) is 23.7 Å². The zero-order valence-electron chi connectivity index (χ0n) is 58.5. The number of hydrogen-bond acceptors (Lipinski definition) is 27. The van der Waals surface area contributed by atoms with Gasteiger partial charge in [0.25, 0.3) is 18.2 Å². The summed E-state index contributed by atoms with van der Waals surface area (Å²) >= 11 is 0.389. The van der Waals surface area contributed by atoms with Crippen LogP contribution in [0.5, 0.6) is 11.5 Å². The molecule has 2 aromatic heterocycles. The molecule has 3 heterocycles. The summed E-state index contributed by atoms with van der Waals surface area (Å²) in [5.41, 5.74) is 7.87. The number of aromatic amines is 1. The number of nitrogens with one attached hydrogen (secondary N) is 7. The molecule has 1 aliphatic rings. The van der Waals surface area contributed by atoms with E-state index in [-0.39, 0.29) is 114 Å². The molecule has 37 nitrogen and oxygen atoms in total. The molecule has 39 heteroatoms. The molecule has 1 aliphatic heterocycles. The van der Waals surface area contributed by atoms with E-state index in [1.807, 2.05) is 4.68 Å². The summed E-state index contributed by atoms with van der Waals surface area (Å²) < 4.78 is 62.3. The summed E-state index contributed by atoms with van der Waals surface area (Å²) in [6, 6.07) is 12.1. The molecule has 0 radical (unpaired) electrons. The first-order valence-electron chi connectivity index (χ1n) is 33.6. The molecule has 0 spiro atoms. The summed E-state index contributed by atoms with van der Waals surface area (Å²) in [5.74, 6) is -4.72. The van der Waals surface area contributed by atoms with E-state index in [0.29, 0.717) is 125 Å². The van der Waals surface area contributed by atoms with Crippen molar-refractivity contribution < 1.29 is 105 Å². The Kier molecular flexibility index (Phi) is 39.4. The summed E-state index contributed by atoms with van der Waals surface area (Å²) in [5, 5.41) is 68.5. The number of anilines is 1. The maximum absolute atomic E-state index is 13.5. The molecule has 0 aliphatic carbocycles. The van der Waals surface area contributed by atoms with Gasteiger partial charge in [-0.05, 0) is 105 Å². The number of benzene rings is 3. The van der Waals surface area contributed by atoms with Crippen molar-refractivity contribution in [1.82, 2.24) is 65.3 Å². The lowest BCUT2D eigenvalue weighted by Crippen LogP contribution is -2.52. The van der Waals surface area contributed by atoms with Gasteiger partial charge in [-0.1, -0.05) is 21.5 Å². The van der Waals surface area contributed by atoms with Crippen molar-refractivity contribution in [3.8, 4) is 11.5 Å². The van der Waals surface area contributed by atoms with Crippen molar-refractivity contribution in [3.05, 3.63) is 95.4 Å². The number of sulfonamides is 1. The van der Waals surface area contributed by atoms with Gasteiger partial charge in [0.1, 0.15) is 23.6 Å². The molecular weight excluding hydrogens is 1410 g/mol. The predicted octanol–water partition coefficient (Wildman–Crippen LogP) is 0.402. The Labute approximate surface area is 606 Å². The Balaban J connectivity index is 0.000000388. The molecule has 0 bridgehead atoms. The first-order valence-corrected chi connectivity index (χ1v) is 35.7. The number of rotatable bonds is 46. The van der Waals surface area contributed by atoms with Crippen molar-refractivity contribution in [2.24, 2.45) is 5.73 Å². The van der Waals surface area contributed by atoms with Gasteiger partial charge < -0.3 is 80.9 Å². The van der Waals surface area contributed by atoms with E-state index in [1.165, 1.54) is 19.2 Å². The Morgan fingerprint density at radius 2 is 1.26 bits per heavy atom. The Morgan fingerprint density at radius 1 is 0.673 bits per heavy atom. The van der Waals surface area contributed by atoms with Gasteiger partial charge in [0.05, 0.1) is 75.8 Å². The molecular formula is C65H97N15O22S2. The summed E-state index contributed by atoms with van der Waals surface area (Å²) in [7, 11) is -2.89. The van der Waals surface area contributed by atoms with Crippen LogP contribution in [0.3, 0.4) is 0 Å². The second kappa shape index (κ2) is 47.6. The van der Waals surface area contributed by atoms with Gasteiger partial charge in [-0.25, -0.2) is 18.7 Å². The highest BCUT2D eigenvalue weighted by atomic mass is 32.2. The Bertz CT molecular complexity index is 3520. The van der Waals surface area contributed by atoms with E-state index in [4.69, 9.17) is 34.1 Å². The molecule has 1 saturated heterocycles. The number of aliphatic carboxylic acids is 4. The third kappa shape index (κ3) is 33.4. The van der Waals surface area contributed by atoms with Crippen LogP contribution in [0.25, 0.3) is 10.9 Å². The number of fused-ring (bicyclic) bond motifs is 1. The lowest BCUT2D eigenvalue weighted by molar-refractivity contribution is -0.433. The number of amides is 4. The lowest BCUT2D eigenvalue weighted by atomic mass is 10.0. The van der Waals surface area contributed by atoms with Crippen LogP contribution in [0.2, 0.25) is 0 Å². The zero-order chi connectivity index (χ0) is 75.7. The van der Waals surface area contributed by atoms with E-state index in [9.17, 15) is 67.2 Å². The second-order valence-corrected chi connectivity index (χ2v) is 25.9. The number of nitrogens with zero attached hydrogens (tertiary/aromatic N) is 7. The van der Waals surface area contributed by atoms with Gasteiger partial charge in [0, 0.05) is 135 Å². The third-order valence-electron chi connectivity index (χ3n) is 15.7. The average Bonchev–Trinajstić information content (AvgIpc) is 1.18. The number of nitrogens with two attached hydrogens (primary N) is 1. The van der Waals surface area contributed by atoms with Gasteiger partial charge >= 0.3 is 23.9 Å². The number of hydrogen-bond donors (Lipinski definition) is 13. The number of H-pyrrole nitrogens is 1. The largest absolute Gasteiger partial charge is 0.494 e. The van der Waals surface area contributed by atoms with E-state index >= 15 is 0 Å². The standard InChI is InChI=1S/C39H57N9O10S.C26H40N6O12S/c1-28-23-32(58-18-3-7-35(49)41-12-6-17-56-20-22-57-21-19-55-16-4-10-40)24-29(2)36(28)59(53,54)47-33(38(51)52)27-45-37(50)30-8-9-34-31(25-30)26-46-48(34)15-5-11-42-39-43-13-14-44-39;1-27-26(40)21(14-19-2-4-20(5-3-19)42-45-44-43-41)28-22(33)15-29-6-8-30(16-23(34)35)10-12-32(18-25(38)39)13-11-31(9-7-29)17-24(36)37/h8-9,13-14,23-26,33,47H,3-7,10-12,15-22,27,40H2,1-2H3,(H,41,49)(H,45,50)(H,51,52)(H2,42,43,44);2-5,21,41H,6-18H2,1H3,(H,27,40)(H,28,33)(H,34,35)(H,36,37)(H,38,39)/t;21-/m.1/s1. The average molecular weight is 1500 g/mol. The zero-order valence-corrected chi connectivity index (χ0v) is 60.1. The van der Waals surface area contributed by atoms with Crippen molar-refractivity contribution in [1.29, 1.82) is 0 Å². The molecule has 0 saturated carbocycles. The highest BCUT2D eigenvalue weighted by Gasteiger charge is 2.30. The first kappa shape index (κ1) is 86.0. The second-order valence-electron chi connectivity index (χ2n) is 23.8. The minimum atomic E-state index is -4.34. The molecule has 1 unspecified atom stereocenters. The predicted molar refractivity (Wildman–Crippen MR) is 378 cm³/mol. The fourth-order valence-electron chi connectivity index (χ4n) is 10.6. The first-order chi connectivity index (χ1) is 50.0. The molecule has 5 aromatic rings. The van der Waals surface area contributed by atoms with Crippen molar-refractivity contribution in [3.63, 3.8) is 0 Å². The number of carbonyl (C=O) groups is 8. The SMILES string of the molecule is CNC(=O)[C@@H](Cc1ccc(OSOOO)cc1)NC(=O)CN1CCN(CC(=O)O)CCN(CC(=O)O)CCN(CC(=O)O)CC1.Cc1cc(OCCCC(=O)NCCCOCCOCCOCCCN)cc(C)c1S(=O)(=O)NC(CNC(=O)c1ccc2c(cnn2CCCNc2ncc[nH]2)c1)C(=O)O. The normalized spacial score (nSPS) is 14.2. The van der Waals surface area contributed by atoms with E-state index in [1.54, 1.807) is 94.5 Å². The van der Waals surface area contributed by atoms with Crippen molar-refractivity contribution in [2.75, 3.05) is 163 Å². The Hall–Kier alpha value is -8.68. The molecule has 2 atom stereocenters. The van der Waals surface area contributed by atoms with Crippen molar-refractivity contribution in [2.45, 2.75) is 75.9 Å². The number of ether oxygens (including phenoxy) is 4. The van der Waals surface area contributed by atoms with Crippen LogP contribution in [0.15, 0.2) is 78.1 Å². The number of imidazole rings is 1. The molecule has 14 N–H and O–H groups in total. The Morgan fingerprint density at radius 3 is 1.81 bits per heavy atom. The maximum atomic E-state index is 13.5. The molecule has 4 amide bonds. The minimum absolute atomic E-state index is 0.0961. The fraction of sp³-hybridized carbons (Fsp3) is 0.538. The molecule has 3 aromatic carbocycles. The smallest absolute Gasteiger partial charge is 0.323 e. The molecule has 576 valence electrons. The number of aromatic nitrogens is 4. The molecule has 6 rings (SSSR count). The van der Waals surface area contributed by atoms with Gasteiger partial charge in [-0.2, -0.15) is 9.82 Å². The van der Waals surface area contributed by atoms with E-state index in [2.05, 4.69) is 55.7 Å². The van der Waals surface area contributed by atoms with Gasteiger partial charge in [-0.15, -0.1) is 0 Å². The summed E-state index contributed by atoms with van der Waals surface area (Å²) in [6.07, 6.45) is 8.14. The number of likely N-dealkylation sites (N-methyl/N-ethyl adjacent to an activating group) is 1. The summed E-state index contributed by atoms with van der Waals surface area (Å²) in [6.45, 7) is 9.39. The topological polar surface area (TPSA) is 494 Å². The van der Waals surface area contributed by atoms with Crippen LogP contribution in [0.1, 0.15) is 59.2 Å². The van der Waals surface area contributed by atoms with Crippen LogP contribution in [-0.2, 0) is 80.1 Å². The van der Waals surface area contributed by atoms with Crippen LogP contribution >= 0.6 is 12.3 Å². The molecule has 104 heavy (non-hydrogen) atoms. The van der Waals surface area contributed by atoms with Crippen LogP contribution in [0, 0.1) is 13.8 Å². The van der Waals surface area contributed by atoms with Crippen LogP contribution in [0.4, 0.5) is 5.95 Å². The van der Waals surface area contributed by atoms with Crippen LogP contribution in [-0.4, -0.2) is 291 Å². The highest BCUT2D eigenvalue weighted by molar-refractivity contribution is 7.90. The van der Waals surface area contributed by atoms with Gasteiger partial charge in [0.15, 0.2) is 5.95 Å². The third-order valence-corrected chi connectivity index (χ3v) is 17.8. The van der Waals surface area contributed by atoms with Crippen LogP contribution < -0.4 is 46.0 Å². The lowest BCUT2D eigenvalue weighted by Gasteiger charge is -2.33. The fourth-order valence-corrected chi connectivity index (χ4v) is 12.5. The summed E-state index contributed by atoms with van der Waals surface area (Å²) in [4.78, 5) is 111. The monoisotopic (exact) mass is 1500 g/mol. The van der Waals surface area contributed by atoms with Gasteiger partial charge in [-0.3, -0.25) is 62.6 Å². The van der Waals surface area contributed by atoms with Crippen molar-refractivity contribution >= 4 is 86.7 Å². The number of carboxylic acid groups (broad SMARTS) is 4. The number of aryl methyl sites for hydroxylation is 3. The van der Waals surface area contributed by atoms with E-state index < -0.39 is 70.3 Å².